The second-order valence-electron chi connectivity index (χ2n) is 8.40. The highest BCUT2D eigenvalue weighted by Gasteiger charge is 2.28. The van der Waals surface area contributed by atoms with Crippen LogP contribution in [0.2, 0.25) is 0 Å². The van der Waals surface area contributed by atoms with E-state index >= 15 is 0 Å². The van der Waals surface area contributed by atoms with Crippen molar-refractivity contribution in [3.63, 3.8) is 0 Å². The van der Waals surface area contributed by atoms with E-state index in [-0.39, 0.29) is 16.8 Å². The first-order chi connectivity index (χ1) is 10.2. The topological polar surface area (TPSA) is 26.3 Å². The number of ether oxygens (including phenoxy) is 1. The van der Waals surface area contributed by atoms with E-state index < -0.39 is 5.60 Å². The largest absolute Gasteiger partial charge is 0.455 e. The van der Waals surface area contributed by atoms with Gasteiger partial charge in [0.05, 0.1) is 0 Å². The monoisotopic (exact) mass is 320 g/mol. The molecule has 0 spiro atoms. The summed E-state index contributed by atoms with van der Waals surface area (Å²) in [6.45, 7) is 22.6. The van der Waals surface area contributed by atoms with Crippen LogP contribution in [0.1, 0.15) is 92.9 Å². The van der Waals surface area contributed by atoms with Crippen molar-refractivity contribution < 1.29 is 9.53 Å². The van der Waals surface area contributed by atoms with Gasteiger partial charge in [-0.15, -0.1) is 0 Å². The first-order valence-electron chi connectivity index (χ1n) is 8.59. The van der Waals surface area contributed by atoms with Crippen molar-refractivity contribution in [2.75, 3.05) is 0 Å². The Labute approximate surface area is 143 Å². The van der Waals surface area contributed by atoms with Crippen molar-refractivity contribution in [1.29, 1.82) is 0 Å². The maximum absolute atomic E-state index is 11.4. The molecule has 0 N–H and O–H groups in total. The van der Waals surface area contributed by atoms with E-state index in [1.165, 1.54) is 18.1 Å². The first-order valence-corrected chi connectivity index (χ1v) is 8.59. The number of hydrogen-bond donors (Lipinski definition) is 0. The highest BCUT2D eigenvalue weighted by Crippen LogP contribution is 2.35. The molecule has 0 aliphatic carbocycles. The van der Waals surface area contributed by atoms with Gasteiger partial charge in [-0.2, -0.15) is 0 Å². The van der Waals surface area contributed by atoms with Crippen molar-refractivity contribution in [2.24, 2.45) is 0 Å². The smallest absolute Gasteiger partial charge is 0.303 e. The zero-order valence-corrected chi connectivity index (χ0v) is 17.0. The standard InChI is InChI=1S/C19H30O2.C2H6/c1-13(20)21-19(8,9)16-11-14(17(2,3)4)10-15(12-16)18(5,6)7;1-2/h10-12H,1-9H3;1-2H3. The van der Waals surface area contributed by atoms with Gasteiger partial charge in [0, 0.05) is 6.92 Å². The molecular weight excluding hydrogens is 284 g/mol. The molecule has 0 saturated heterocycles. The molecule has 1 aromatic carbocycles. The Morgan fingerprint density at radius 1 is 0.739 bits per heavy atom. The van der Waals surface area contributed by atoms with Crippen molar-refractivity contribution in [3.8, 4) is 0 Å². The quantitative estimate of drug-likeness (QED) is 0.615. The van der Waals surface area contributed by atoms with Crippen LogP contribution < -0.4 is 0 Å². The molecule has 0 unspecified atom stereocenters. The molecule has 132 valence electrons. The number of carbonyl (C=O) groups excluding carboxylic acids is 1. The Balaban J connectivity index is 0.00000232. The van der Waals surface area contributed by atoms with Gasteiger partial charge in [0.1, 0.15) is 5.60 Å². The van der Waals surface area contributed by atoms with E-state index in [0.29, 0.717) is 0 Å². The van der Waals surface area contributed by atoms with Crippen LogP contribution in [-0.2, 0) is 26.0 Å². The molecule has 1 aromatic rings. The average Bonchev–Trinajstić information content (AvgIpc) is 2.37. The fourth-order valence-electron chi connectivity index (χ4n) is 2.26. The molecule has 0 aromatic heterocycles. The van der Waals surface area contributed by atoms with Crippen molar-refractivity contribution in [1.82, 2.24) is 0 Å². The van der Waals surface area contributed by atoms with Gasteiger partial charge in [-0.1, -0.05) is 73.6 Å². The van der Waals surface area contributed by atoms with E-state index in [1.54, 1.807) is 0 Å². The Morgan fingerprint density at radius 2 is 1.04 bits per heavy atom. The van der Waals surface area contributed by atoms with Gasteiger partial charge < -0.3 is 4.74 Å². The predicted molar refractivity (Wildman–Crippen MR) is 100.0 cm³/mol. The summed E-state index contributed by atoms with van der Waals surface area (Å²) < 4.78 is 5.52. The maximum Gasteiger partial charge on any atom is 0.303 e. The molecule has 0 heterocycles. The summed E-state index contributed by atoms with van der Waals surface area (Å²) in [5, 5.41) is 0. The predicted octanol–water partition coefficient (Wildman–Crippen LogP) is 6.11. The van der Waals surface area contributed by atoms with Gasteiger partial charge in [0.2, 0.25) is 0 Å². The Hall–Kier alpha value is -1.31. The number of esters is 1. The summed E-state index contributed by atoms with van der Waals surface area (Å²) in [6.07, 6.45) is 0. The molecule has 1 rings (SSSR count). The van der Waals surface area contributed by atoms with Crippen LogP contribution in [0.25, 0.3) is 0 Å². The molecule has 0 aliphatic heterocycles. The molecule has 0 radical (unpaired) electrons. The van der Waals surface area contributed by atoms with E-state index in [0.717, 1.165) is 5.56 Å². The van der Waals surface area contributed by atoms with Crippen LogP contribution in [-0.4, -0.2) is 5.97 Å². The lowest BCUT2D eigenvalue weighted by atomic mass is 9.78. The number of rotatable bonds is 2. The lowest BCUT2D eigenvalue weighted by Crippen LogP contribution is -2.26. The summed E-state index contributed by atoms with van der Waals surface area (Å²) in [6, 6.07) is 6.60. The second-order valence-corrected chi connectivity index (χ2v) is 8.40. The normalized spacial score (nSPS) is 12.3. The third-order valence-electron chi connectivity index (χ3n) is 3.76. The Kier molecular flexibility index (Phi) is 7.08. The van der Waals surface area contributed by atoms with E-state index in [1.807, 2.05) is 27.7 Å². The molecule has 2 heteroatoms. The minimum Gasteiger partial charge on any atom is -0.455 e. The minimum atomic E-state index is -0.618. The van der Waals surface area contributed by atoms with Crippen LogP contribution >= 0.6 is 0 Å². The zero-order chi connectivity index (χ0) is 18.6. The SMILES string of the molecule is CC.CC(=O)OC(C)(C)c1cc(C(C)(C)C)cc(C(C)(C)C)c1. The average molecular weight is 321 g/mol. The molecule has 0 saturated carbocycles. The molecule has 0 amide bonds. The summed E-state index contributed by atoms with van der Waals surface area (Å²) >= 11 is 0. The van der Waals surface area contributed by atoms with E-state index in [9.17, 15) is 4.79 Å². The lowest BCUT2D eigenvalue weighted by molar-refractivity contribution is -0.154. The van der Waals surface area contributed by atoms with Crippen molar-refractivity contribution in [2.45, 2.75) is 92.6 Å². The van der Waals surface area contributed by atoms with Crippen LogP contribution in [0.3, 0.4) is 0 Å². The second kappa shape index (κ2) is 7.51. The summed E-state index contributed by atoms with van der Waals surface area (Å²) in [4.78, 5) is 11.4. The van der Waals surface area contributed by atoms with Gasteiger partial charge in [-0.05, 0) is 41.4 Å². The lowest BCUT2D eigenvalue weighted by Gasteiger charge is -2.31. The van der Waals surface area contributed by atoms with E-state index in [2.05, 4.69) is 59.7 Å². The van der Waals surface area contributed by atoms with Gasteiger partial charge in [-0.25, -0.2) is 0 Å². The Bertz CT molecular complexity index is 494. The summed E-state index contributed by atoms with van der Waals surface area (Å²) in [5.74, 6) is -0.251. The van der Waals surface area contributed by atoms with Crippen LogP contribution in [0.4, 0.5) is 0 Å². The van der Waals surface area contributed by atoms with E-state index in [4.69, 9.17) is 4.74 Å². The zero-order valence-electron chi connectivity index (χ0n) is 17.0. The van der Waals surface area contributed by atoms with Gasteiger partial charge in [0.15, 0.2) is 0 Å². The maximum atomic E-state index is 11.4. The summed E-state index contributed by atoms with van der Waals surface area (Å²) in [5.41, 5.74) is 3.09. The number of hydrogen-bond acceptors (Lipinski definition) is 2. The van der Waals surface area contributed by atoms with Gasteiger partial charge >= 0.3 is 5.97 Å². The van der Waals surface area contributed by atoms with Crippen molar-refractivity contribution in [3.05, 3.63) is 34.9 Å². The fraction of sp³-hybridized carbons (Fsp3) is 0.667. The van der Waals surface area contributed by atoms with Gasteiger partial charge in [0.25, 0.3) is 0 Å². The minimum absolute atomic E-state index is 0.0579. The van der Waals surface area contributed by atoms with Crippen LogP contribution in [0, 0.1) is 0 Å². The molecule has 0 fully saturated rings. The molecule has 0 bridgehead atoms. The third kappa shape index (κ3) is 6.37. The highest BCUT2D eigenvalue weighted by molar-refractivity contribution is 5.66. The molecule has 2 nitrogen and oxygen atoms in total. The molecular formula is C21H36O2. The van der Waals surface area contributed by atoms with Crippen molar-refractivity contribution >= 4 is 5.97 Å². The fourth-order valence-corrected chi connectivity index (χ4v) is 2.26. The highest BCUT2D eigenvalue weighted by atomic mass is 16.6. The van der Waals surface area contributed by atoms with Gasteiger partial charge in [-0.3, -0.25) is 4.79 Å². The van der Waals surface area contributed by atoms with Crippen LogP contribution in [0.5, 0.6) is 0 Å². The number of benzene rings is 1. The Morgan fingerprint density at radius 3 is 1.30 bits per heavy atom. The third-order valence-corrected chi connectivity index (χ3v) is 3.76. The first kappa shape index (κ1) is 21.7. The summed E-state index contributed by atoms with van der Waals surface area (Å²) in [7, 11) is 0. The molecule has 0 atom stereocenters. The molecule has 23 heavy (non-hydrogen) atoms. The van der Waals surface area contributed by atoms with Crippen LogP contribution in [0.15, 0.2) is 18.2 Å². The molecule has 0 aliphatic rings. The number of carbonyl (C=O) groups is 1.